The van der Waals surface area contributed by atoms with Crippen LogP contribution in [-0.2, 0) is 0 Å². The molecule has 0 saturated heterocycles. The average Bonchev–Trinajstić information content (AvgIpc) is 2.58. The van der Waals surface area contributed by atoms with Gasteiger partial charge < -0.3 is 10.6 Å². The van der Waals surface area contributed by atoms with Gasteiger partial charge in [-0.15, -0.1) is 0 Å². The summed E-state index contributed by atoms with van der Waals surface area (Å²) in [6, 6.07) is 6.41. The van der Waals surface area contributed by atoms with Crippen molar-refractivity contribution in [3.63, 3.8) is 0 Å². The normalized spacial score (nSPS) is 10.3. The van der Waals surface area contributed by atoms with Gasteiger partial charge in [0.25, 0.3) is 11.8 Å². The molecule has 2 amide bonds. The maximum Gasteiger partial charge on any atom is 0.257 e. The fraction of sp³-hybridized carbons (Fsp3) is 0.235. The van der Waals surface area contributed by atoms with Crippen molar-refractivity contribution in [2.75, 3.05) is 11.9 Å². The number of anilines is 1. The number of pyridine rings is 1. The van der Waals surface area contributed by atoms with Crippen LogP contribution in [0.3, 0.4) is 0 Å². The average molecular weight is 366 g/mol. The summed E-state index contributed by atoms with van der Waals surface area (Å²) >= 11 is 12.1. The van der Waals surface area contributed by atoms with Gasteiger partial charge in [-0.05, 0) is 24.6 Å². The van der Waals surface area contributed by atoms with Crippen molar-refractivity contribution in [1.82, 2.24) is 10.3 Å². The standard InChI is InChI=1S/C17H17Cl2N3O2/c1-2-3-7-21-16(23)11-8-12(10-20-9-11)17(24)22-15-13(18)5-4-6-14(15)19/h4-6,8-10H,2-3,7H2,1H3,(H,21,23)(H,22,24). The van der Waals surface area contributed by atoms with E-state index in [0.29, 0.717) is 27.8 Å². The van der Waals surface area contributed by atoms with Crippen molar-refractivity contribution in [2.45, 2.75) is 19.8 Å². The first-order valence-electron chi connectivity index (χ1n) is 7.51. The number of carbonyl (C=O) groups excluding carboxylic acids is 2. The topological polar surface area (TPSA) is 71.1 Å². The quantitative estimate of drug-likeness (QED) is 0.754. The third kappa shape index (κ3) is 4.69. The van der Waals surface area contributed by atoms with Gasteiger partial charge in [0.15, 0.2) is 0 Å². The molecule has 0 fully saturated rings. The van der Waals surface area contributed by atoms with Crippen molar-refractivity contribution in [3.05, 3.63) is 57.8 Å². The van der Waals surface area contributed by atoms with Gasteiger partial charge in [-0.25, -0.2) is 0 Å². The van der Waals surface area contributed by atoms with Gasteiger partial charge >= 0.3 is 0 Å². The molecule has 1 aromatic heterocycles. The van der Waals surface area contributed by atoms with E-state index in [0.717, 1.165) is 12.8 Å². The Bertz CT molecular complexity index is 730. The first-order chi connectivity index (χ1) is 11.5. The lowest BCUT2D eigenvalue weighted by atomic mass is 10.1. The Labute approximate surface area is 150 Å². The van der Waals surface area contributed by atoms with E-state index in [4.69, 9.17) is 23.2 Å². The van der Waals surface area contributed by atoms with E-state index in [1.807, 2.05) is 6.92 Å². The lowest BCUT2D eigenvalue weighted by Crippen LogP contribution is -2.25. The molecule has 7 heteroatoms. The molecular formula is C17H17Cl2N3O2. The number of carbonyl (C=O) groups is 2. The number of rotatable bonds is 6. The van der Waals surface area contributed by atoms with Crippen LogP contribution in [0.25, 0.3) is 0 Å². The number of amides is 2. The van der Waals surface area contributed by atoms with Gasteiger partial charge in [-0.3, -0.25) is 14.6 Å². The van der Waals surface area contributed by atoms with Crippen molar-refractivity contribution < 1.29 is 9.59 Å². The highest BCUT2D eigenvalue weighted by atomic mass is 35.5. The molecule has 0 aliphatic carbocycles. The van der Waals surface area contributed by atoms with Gasteiger partial charge in [-0.2, -0.15) is 0 Å². The molecular weight excluding hydrogens is 349 g/mol. The summed E-state index contributed by atoms with van der Waals surface area (Å²) in [5, 5.41) is 6.08. The van der Waals surface area contributed by atoms with Crippen LogP contribution in [0, 0.1) is 0 Å². The minimum absolute atomic E-state index is 0.245. The monoisotopic (exact) mass is 365 g/mol. The van der Waals surface area contributed by atoms with Gasteiger partial charge in [0.05, 0.1) is 26.9 Å². The van der Waals surface area contributed by atoms with Crippen LogP contribution in [0.15, 0.2) is 36.7 Å². The lowest BCUT2D eigenvalue weighted by Gasteiger charge is -2.10. The van der Waals surface area contributed by atoms with Crippen LogP contribution in [0.1, 0.15) is 40.5 Å². The van der Waals surface area contributed by atoms with Crippen LogP contribution in [0.4, 0.5) is 5.69 Å². The fourth-order valence-corrected chi connectivity index (χ4v) is 2.46. The third-order valence-corrected chi connectivity index (χ3v) is 3.91. The number of hydrogen-bond donors (Lipinski definition) is 2. The molecule has 0 spiro atoms. The van der Waals surface area contributed by atoms with Gasteiger partial charge in [-0.1, -0.05) is 42.6 Å². The zero-order chi connectivity index (χ0) is 17.5. The minimum Gasteiger partial charge on any atom is -0.352 e. The highest BCUT2D eigenvalue weighted by Crippen LogP contribution is 2.30. The van der Waals surface area contributed by atoms with Gasteiger partial charge in [0.1, 0.15) is 0 Å². The third-order valence-electron chi connectivity index (χ3n) is 3.28. The maximum absolute atomic E-state index is 12.4. The highest BCUT2D eigenvalue weighted by Gasteiger charge is 2.14. The number of hydrogen-bond acceptors (Lipinski definition) is 3. The largest absolute Gasteiger partial charge is 0.352 e. The summed E-state index contributed by atoms with van der Waals surface area (Å²) in [5.41, 5.74) is 0.891. The summed E-state index contributed by atoms with van der Waals surface area (Å²) in [6.07, 6.45) is 4.67. The second-order valence-electron chi connectivity index (χ2n) is 5.12. The van der Waals surface area contributed by atoms with Crippen molar-refractivity contribution in [2.24, 2.45) is 0 Å². The number of unbranched alkanes of at least 4 members (excludes halogenated alkanes) is 1. The fourth-order valence-electron chi connectivity index (χ4n) is 1.97. The number of benzene rings is 1. The molecule has 1 aromatic carbocycles. The number of halogens is 2. The molecule has 0 atom stereocenters. The second kappa shape index (κ2) is 8.66. The number of para-hydroxylation sites is 1. The molecule has 2 N–H and O–H groups in total. The van der Waals surface area contributed by atoms with E-state index in [2.05, 4.69) is 15.6 Å². The second-order valence-corrected chi connectivity index (χ2v) is 5.94. The summed E-state index contributed by atoms with van der Waals surface area (Å²) in [7, 11) is 0. The summed E-state index contributed by atoms with van der Waals surface area (Å²) in [5.74, 6) is -0.706. The molecule has 0 saturated carbocycles. The van der Waals surface area contributed by atoms with Crippen molar-refractivity contribution in [1.29, 1.82) is 0 Å². The Morgan fingerprint density at radius 1 is 1.08 bits per heavy atom. The molecule has 24 heavy (non-hydrogen) atoms. The number of nitrogens with one attached hydrogen (secondary N) is 2. The van der Waals surface area contributed by atoms with Crippen LogP contribution in [-0.4, -0.2) is 23.3 Å². The highest BCUT2D eigenvalue weighted by molar-refractivity contribution is 6.40. The molecule has 2 aromatic rings. The Morgan fingerprint density at radius 2 is 1.71 bits per heavy atom. The Morgan fingerprint density at radius 3 is 2.33 bits per heavy atom. The van der Waals surface area contributed by atoms with Crippen LogP contribution >= 0.6 is 23.2 Å². The van der Waals surface area contributed by atoms with Crippen molar-refractivity contribution in [3.8, 4) is 0 Å². The van der Waals surface area contributed by atoms with E-state index in [1.54, 1.807) is 18.2 Å². The zero-order valence-electron chi connectivity index (χ0n) is 13.1. The summed E-state index contributed by atoms with van der Waals surface area (Å²) < 4.78 is 0. The molecule has 2 rings (SSSR count). The molecule has 0 aliphatic rings. The van der Waals surface area contributed by atoms with Gasteiger partial charge in [0.2, 0.25) is 0 Å². The Hall–Kier alpha value is -2.11. The number of aromatic nitrogens is 1. The van der Waals surface area contributed by atoms with Crippen molar-refractivity contribution >= 4 is 40.7 Å². The number of nitrogens with zero attached hydrogens (tertiary/aromatic N) is 1. The zero-order valence-corrected chi connectivity index (χ0v) is 14.6. The SMILES string of the molecule is CCCCNC(=O)c1cncc(C(=O)Nc2c(Cl)cccc2Cl)c1. The lowest BCUT2D eigenvalue weighted by molar-refractivity contribution is 0.0953. The smallest absolute Gasteiger partial charge is 0.257 e. The van der Waals surface area contributed by atoms with E-state index in [9.17, 15) is 9.59 Å². The van der Waals surface area contributed by atoms with Crippen LogP contribution < -0.4 is 10.6 Å². The first kappa shape index (κ1) is 18.2. The maximum atomic E-state index is 12.4. The summed E-state index contributed by atoms with van der Waals surface area (Å²) in [4.78, 5) is 28.3. The molecule has 0 radical (unpaired) electrons. The molecule has 0 unspecified atom stereocenters. The van der Waals surface area contributed by atoms with Crippen LogP contribution in [0.5, 0.6) is 0 Å². The molecule has 0 bridgehead atoms. The van der Waals surface area contributed by atoms with E-state index in [1.165, 1.54) is 18.5 Å². The van der Waals surface area contributed by atoms with E-state index < -0.39 is 5.91 Å². The molecule has 0 aliphatic heterocycles. The van der Waals surface area contributed by atoms with Crippen LogP contribution in [0.2, 0.25) is 10.0 Å². The predicted molar refractivity (Wildman–Crippen MR) is 95.9 cm³/mol. The van der Waals surface area contributed by atoms with Gasteiger partial charge in [0, 0.05) is 18.9 Å². The predicted octanol–water partition coefficient (Wildman–Crippen LogP) is 4.17. The molecule has 5 nitrogen and oxygen atoms in total. The Balaban J connectivity index is 2.13. The summed E-state index contributed by atoms with van der Waals surface area (Å²) in [6.45, 7) is 2.62. The van der Waals surface area contributed by atoms with E-state index in [-0.39, 0.29) is 11.5 Å². The molecule has 126 valence electrons. The molecule has 1 heterocycles. The Kier molecular flexibility index (Phi) is 6.58. The minimum atomic E-state index is -0.444. The van der Waals surface area contributed by atoms with E-state index >= 15 is 0 Å². The first-order valence-corrected chi connectivity index (χ1v) is 8.27.